The smallest absolute Gasteiger partial charge is 0.416 e. The van der Waals surface area contributed by atoms with Crippen molar-refractivity contribution in [1.29, 1.82) is 0 Å². The van der Waals surface area contributed by atoms with Crippen LogP contribution in [0.5, 0.6) is 5.75 Å². The van der Waals surface area contributed by atoms with E-state index in [4.69, 9.17) is 0 Å². The zero-order valence-electron chi connectivity index (χ0n) is 14.7. The monoisotopic (exact) mass is 386 g/mol. The predicted octanol–water partition coefficient (Wildman–Crippen LogP) is 1.76. The highest BCUT2D eigenvalue weighted by atomic mass is 19.4. The summed E-state index contributed by atoms with van der Waals surface area (Å²) in [4.78, 5) is 25.4. The third-order valence-electron chi connectivity index (χ3n) is 5.37. The van der Waals surface area contributed by atoms with Crippen molar-refractivity contribution in [3.8, 4) is 5.75 Å². The fraction of sp³-hybridized carbons (Fsp3) is 0.556. The molecule has 2 aliphatic rings. The molecule has 1 heterocycles. The third kappa shape index (κ3) is 4.02. The molecular formula is C18H21F3N2O4. The molecule has 1 aliphatic carbocycles. The maximum Gasteiger partial charge on any atom is 0.416 e. The highest BCUT2D eigenvalue weighted by molar-refractivity contribution is 5.97. The van der Waals surface area contributed by atoms with Crippen molar-refractivity contribution in [2.75, 3.05) is 13.1 Å². The molecule has 4 atom stereocenters. The van der Waals surface area contributed by atoms with Crippen molar-refractivity contribution >= 4 is 11.8 Å². The number of fused-ring (bicyclic) bond motifs is 1. The average Bonchev–Trinajstić information content (AvgIpc) is 2.96. The number of hydrogen-bond acceptors (Lipinski definition) is 4. The van der Waals surface area contributed by atoms with Gasteiger partial charge in [0.05, 0.1) is 23.3 Å². The number of phenolic OH excluding ortho intramolecular Hbond substituents is 1. The van der Waals surface area contributed by atoms with Gasteiger partial charge in [-0.05, 0) is 42.9 Å². The van der Waals surface area contributed by atoms with Crippen LogP contribution in [0, 0.1) is 11.8 Å². The van der Waals surface area contributed by atoms with Gasteiger partial charge in [-0.15, -0.1) is 0 Å². The van der Waals surface area contributed by atoms with Crippen LogP contribution in [-0.4, -0.2) is 52.2 Å². The molecule has 6 nitrogen and oxygen atoms in total. The molecule has 1 aliphatic heterocycles. The van der Waals surface area contributed by atoms with Crippen LogP contribution in [0.3, 0.4) is 0 Å². The summed E-state index contributed by atoms with van der Waals surface area (Å²) in [7, 11) is 0. The van der Waals surface area contributed by atoms with Crippen LogP contribution in [0.1, 0.15) is 35.7 Å². The molecule has 0 radical (unpaired) electrons. The summed E-state index contributed by atoms with van der Waals surface area (Å²) in [5, 5.41) is 22.8. The summed E-state index contributed by atoms with van der Waals surface area (Å²) < 4.78 is 38.1. The van der Waals surface area contributed by atoms with Crippen LogP contribution in [0.15, 0.2) is 18.2 Å². The van der Waals surface area contributed by atoms with Crippen molar-refractivity contribution < 1.29 is 33.0 Å². The van der Waals surface area contributed by atoms with E-state index in [9.17, 15) is 33.0 Å². The molecule has 27 heavy (non-hydrogen) atoms. The van der Waals surface area contributed by atoms with Crippen molar-refractivity contribution in [3.63, 3.8) is 0 Å². The number of rotatable bonds is 2. The number of aliphatic hydroxyl groups is 1. The molecular weight excluding hydrogens is 365 g/mol. The number of carbonyl (C=O) groups excluding carboxylic acids is 2. The third-order valence-corrected chi connectivity index (χ3v) is 5.37. The quantitative estimate of drug-likeness (QED) is 0.723. The van der Waals surface area contributed by atoms with Crippen LogP contribution < -0.4 is 5.32 Å². The highest BCUT2D eigenvalue weighted by Crippen LogP contribution is 2.38. The Morgan fingerprint density at radius 2 is 1.81 bits per heavy atom. The number of aromatic hydroxyl groups is 1. The van der Waals surface area contributed by atoms with Gasteiger partial charge in [-0.2, -0.15) is 13.2 Å². The lowest BCUT2D eigenvalue weighted by molar-refractivity contribution is -0.137. The number of aliphatic hydroxyl groups excluding tert-OH is 1. The van der Waals surface area contributed by atoms with E-state index in [-0.39, 0.29) is 29.3 Å². The summed E-state index contributed by atoms with van der Waals surface area (Å²) in [6.45, 7) is 2.09. The van der Waals surface area contributed by atoms with E-state index in [0.29, 0.717) is 32.0 Å². The van der Waals surface area contributed by atoms with Gasteiger partial charge in [0.2, 0.25) is 5.91 Å². The van der Waals surface area contributed by atoms with Crippen molar-refractivity contribution in [3.05, 3.63) is 29.3 Å². The van der Waals surface area contributed by atoms with Crippen molar-refractivity contribution in [2.24, 2.45) is 11.8 Å². The van der Waals surface area contributed by atoms with Gasteiger partial charge in [0.1, 0.15) is 5.75 Å². The van der Waals surface area contributed by atoms with Gasteiger partial charge in [-0.3, -0.25) is 9.59 Å². The number of alkyl halides is 3. The van der Waals surface area contributed by atoms with E-state index < -0.39 is 29.5 Å². The topological polar surface area (TPSA) is 89.9 Å². The molecule has 148 valence electrons. The Morgan fingerprint density at radius 1 is 1.19 bits per heavy atom. The summed E-state index contributed by atoms with van der Waals surface area (Å²) >= 11 is 0. The molecule has 3 rings (SSSR count). The first-order valence-electron chi connectivity index (χ1n) is 8.71. The first-order chi connectivity index (χ1) is 12.6. The van der Waals surface area contributed by atoms with Crippen LogP contribution >= 0.6 is 0 Å². The molecule has 0 spiro atoms. The minimum absolute atomic E-state index is 0.0468. The summed E-state index contributed by atoms with van der Waals surface area (Å²) in [6.07, 6.45) is -4.35. The van der Waals surface area contributed by atoms with E-state index in [2.05, 4.69) is 5.32 Å². The predicted molar refractivity (Wildman–Crippen MR) is 88.8 cm³/mol. The Kier molecular flexibility index (Phi) is 5.07. The molecule has 2 amide bonds. The standard InChI is InChI=1S/C18H21F3N2O4/c1-9(24)22-14-4-10-7-23(8-11(10)5-16(14)26)17(27)13-3-2-12(6-15(13)25)18(19,20)21/h2-3,6,10-11,14,16,25-26H,4-5,7-8H2,1H3,(H,22,24)/t10-,11+,14-,16-/m1/s1. The number of carbonyl (C=O) groups is 2. The van der Waals surface area contributed by atoms with Gasteiger partial charge in [-0.1, -0.05) is 0 Å². The van der Waals surface area contributed by atoms with Gasteiger partial charge in [0.25, 0.3) is 5.91 Å². The molecule has 2 fully saturated rings. The van der Waals surface area contributed by atoms with Crippen LogP contribution in [-0.2, 0) is 11.0 Å². The minimum atomic E-state index is -4.60. The minimum Gasteiger partial charge on any atom is -0.507 e. The molecule has 0 bridgehead atoms. The lowest BCUT2D eigenvalue weighted by Crippen LogP contribution is -2.48. The largest absolute Gasteiger partial charge is 0.507 e. The Labute approximate surface area is 154 Å². The van der Waals surface area contributed by atoms with Gasteiger partial charge < -0.3 is 20.4 Å². The summed E-state index contributed by atoms with van der Waals surface area (Å²) in [5.74, 6) is -1.36. The molecule has 0 aromatic heterocycles. The van der Waals surface area contributed by atoms with Gasteiger partial charge in [-0.25, -0.2) is 0 Å². The Balaban J connectivity index is 1.72. The van der Waals surface area contributed by atoms with Gasteiger partial charge in [0, 0.05) is 20.0 Å². The van der Waals surface area contributed by atoms with E-state index in [0.717, 1.165) is 12.1 Å². The number of nitrogens with zero attached hydrogens (tertiary/aromatic N) is 1. The highest BCUT2D eigenvalue weighted by Gasteiger charge is 2.43. The summed E-state index contributed by atoms with van der Waals surface area (Å²) in [5.41, 5.74) is -1.20. The number of amides is 2. The molecule has 0 unspecified atom stereocenters. The molecule has 1 saturated carbocycles. The van der Waals surface area contributed by atoms with E-state index in [1.807, 2.05) is 0 Å². The molecule has 3 N–H and O–H groups in total. The zero-order chi connectivity index (χ0) is 19.9. The second-order valence-electron chi connectivity index (χ2n) is 7.31. The van der Waals surface area contributed by atoms with Crippen LogP contribution in [0.4, 0.5) is 13.2 Å². The molecule has 1 saturated heterocycles. The van der Waals surface area contributed by atoms with E-state index in [1.54, 1.807) is 0 Å². The number of halogens is 3. The van der Waals surface area contributed by atoms with Crippen molar-refractivity contribution in [2.45, 2.75) is 38.1 Å². The lowest BCUT2D eigenvalue weighted by atomic mass is 9.77. The van der Waals surface area contributed by atoms with Gasteiger partial charge in [0.15, 0.2) is 0 Å². The Bertz CT molecular complexity index is 753. The number of phenols is 1. The second-order valence-corrected chi connectivity index (χ2v) is 7.31. The number of likely N-dealkylation sites (tertiary alicyclic amines) is 1. The maximum absolute atomic E-state index is 12.7. The SMILES string of the molecule is CC(=O)N[C@@H]1C[C@@H]2CN(C(=O)c3ccc(C(F)(F)F)cc3O)C[C@@H]2C[C@H]1O. The number of benzene rings is 1. The van der Waals surface area contributed by atoms with Crippen LogP contribution in [0.2, 0.25) is 0 Å². The molecule has 1 aromatic rings. The molecule has 1 aromatic carbocycles. The Morgan fingerprint density at radius 3 is 2.37 bits per heavy atom. The second kappa shape index (κ2) is 7.03. The van der Waals surface area contributed by atoms with Crippen molar-refractivity contribution in [1.82, 2.24) is 10.2 Å². The van der Waals surface area contributed by atoms with E-state index in [1.165, 1.54) is 11.8 Å². The number of hydrogen-bond donors (Lipinski definition) is 3. The first kappa shape index (κ1) is 19.5. The van der Waals surface area contributed by atoms with Gasteiger partial charge >= 0.3 is 6.18 Å². The Hall–Kier alpha value is -2.29. The normalized spacial score (nSPS) is 28.0. The fourth-order valence-electron chi connectivity index (χ4n) is 4.07. The average molecular weight is 386 g/mol. The van der Waals surface area contributed by atoms with Crippen LogP contribution in [0.25, 0.3) is 0 Å². The lowest BCUT2D eigenvalue weighted by Gasteiger charge is -2.35. The fourth-order valence-corrected chi connectivity index (χ4v) is 4.07. The zero-order valence-corrected chi connectivity index (χ0v) is 14.7. The first-order valence-corrected chi connectivity index (χ1v) is 8.71. The molecule has 9 heteroatoms. The number of nitrogens with one attached hydrogen (secondary N) is 1. The summed E-state index contributed by atoms with van der Waals surface area (Å²) in [6, 6.07) is 1.93. The maximum atomic E-state index is 12.7. The van der Waals surface area contributed by atoms with E-state index >= 15 is 0 Å².